The summed E-state index contributed by atoms with van der Waals surface area (Å²) in [7, 11) is 0. The molecular weight excluding hydrogens is 250 g/mol. The number of benzene rings is 1. The fourth-order valence-electron chi connectivity index (χ4n) is 2.89. The first-order valence-electron chi connectivity index (χ1n) is 6.46. The van der Waals surface area contributed by atoms with Crippen LogP contribution < -0.4 is 0 Å². The topological polar surface area (TPSA) is 37.3 Å². The van der Waals surface area contributed by atoms with Gasteiger partial charge in [0.05, 0.1) is 5.41 Å². The molecule has 2 nitrogen and oxygen atoms in total. The van der Waals surface area contributed by atoms with E-state index in [1.807, 2.05) is 32.0 Å². The Morgan fingerprint density at radius 2 is 1.74 bits per heavy atom. The first kappa shape index (κ1) is 14.0. The van der Waals surface area contributed by atoms with Crippen molar-refractivity contribution in [3.63, 3.8) is 0 Å². The lowest BCUT2D eigenvalue weighted by Gasteiger charge is -2.38. The average molecular weight is 268 g/mol. The Bertz CT molecular complexity index is 499. The zero-order valence-corrected chi connectivity index (χ0v) is 11.2. The molecule has 1 aromatic rings. The molecular formula is C15H18F2O2. The van der Waals surface area contributed by atoms with Crippen molar-refractivity contribution >= 4 is 5.97 Å². The molecule has 2 rings (SSSR count). The number of carboxylic acids is 1. The van der Waals surface area contributed by atoms with Crippen LogP contribution >= 0.6 is 0 Å². The SMILES string of the molecule is Cc1ccc(C)c(C2(C(=O)O)CCC(F)(F)CC2)c1. The van der Waals surface area contributed by atoms with Gasteiger partial charge >= 0.3 is 5.97 Å². The van der Waals surface area contributed by atoms with Gasteiger partial charge in [0, 0.05) is 12.8 Å². The molecule has 0 atom stereocenters. The Kier molecular flexibility index (Phi) is 3.37. The van der Waals surface area contributed by atoms with E-state index in [0.717, 1.165) is 11.1 Å². The first-order valence-corrected chi connectivity index (χ1v) is 6.46. The van der Waals surface area contributed by atoms with Crippen LogP contribution in [0.1, 0.15) is 42.4 Å². The van der Waals surface area contributed by atoms with Crippen LogP contribution in [0.2, 0.25) is 0 Å². The van der Waals surface area contributed by atoms with Crippen molar-refractivity contribution < 1.29 is 18.7 Å². The summed E-state index contributed by atoms with van der Waals surface area (Å²) in [6.07, 6.45) is -0.710. The number of rotatable bonds is 2. The third-order valence-electron chi connectivity index (χ3n) is 4.15. The van der Waals surface area contributed by atoms with Crippen molar-refractivity contribution in [3.05, 3.63) is 34.9 Å². The van der Waals surface area contributed by atoms with Crippen LogP contribution in [0, 0.1) is 13.8 Å². The van der Waals surface area contributed by atoms with Crippen molar-refractivity contribution in [1.82, 2.24) is 0 Å². The normalized spacial score (nSPS) is 21.1. The van der Waals surface area contributed by atoms with Gasteiger partial charge in [0.2, 0.25) is 5.92 Å². The summed E-state index contributed by atoms with van der Waals surface area (Å²) in [5.41, 5.74) is 1.35. The number of hydrogen-bond donors (Lipinski definition) is 1. The molecule has 4 heteroatoms. The average Bonchev–Trinajstić information content (AvgIpc) is 2.33. The number of carboxylic acid groups (broad SMARTS) is 1. The quantitative estimate of drug-likeness (QED) is 0.885. The fraction of sp³-hybridized carbons (Fsp3) is 0.533. The number of aryl methyl sites for hydroxylation is 2. The minimum absolute atomic E-state index is 0.000370. The molecule has 0 unspecified atom stereocenters. The Morgan fingerprint density at radius 1 is 1.16 bits per heavy atom. The molecule has 0 heterocycles. The summed E-state index contributed by atoms with van der Waals surface area (Å²) in [6, 6.07) is 5.60. The number of carbonyl (C=O) groups is 1. The van der Waals surface area contributed by atoms with Crippen molar-refractivity contribution in [3.8, 4) is 0 Å². The summed E-state index contributed by atoms with van der Waals surface area (Å²) in [5, 5.41) is 9.58. The summed E-state index contributed by atoms with van der Waals surface area (Å²) in [6.45, 7) is 3.72. The summed E-state index contributed by atoms with van der Waals surface area (Å²) >= 11 is 0. The van der Waals surface area contributed by atoms with E-state index in [1.54, 1.807) is 0 Å². The van der Waals surface area contributed by atoms with E-state index < -0.39 is 17.3 Å². The highest BCUT2D eigenvalue weighted by Gasteiger charge is 2.49. The van der Waals surface area contributed by atoms with Crippen LogP contribution in [0.25, 0.3) is 0 Å². The smallest absolute Gasteiger partial charge is 0.314 e. The maximum absolute atomic E-state index is 13.3. The van der Waals surface area contributed by atoms with Crippen LogP contribution in [0.5, 0.6) is 0 Å². The number of hydrogen-bond acceptors (Lipinski definition) is 1. The van der Waals surface area contributed by atoms with Crippen molar-refractivity contribution in [1.29, 1.82) is 0 Å². The van der Waals surface area contributed by atoms with E-state index in [1.165, 1.54) is 0 Å². The molecule has 1 saturated carbocycles. The zero-order valence-electron chi connectivity index (χ0n) is 11.2. The molecule has 1 aliphatic carbocycles. The summed E-state index contributed by atoms with van der Waals surface area (Å²) < 4.78 is 26.6. The minimum atomic E-state index is -2.73. The van der Waals surface area contributed by atoms with Gasteiger partial charge in [-0.3, -0.25) is 4.79 Å². The van der Waals surface area contributed by atoms with Gasteiger partial charge in [-0.1, -0.05) is 23.8 Å². The molecule has 0 bridgehead atoms. The maximum atomic E-state index is 13.3. The van der Waals surface area contributed by atoms with Gasteiger partial charge in [-0.15, -0.1) is 0 Å². The number of alkyl halides is 2. The van der Waals surface area contributed by atoms with Gasteiger partial charge in [0.1, 0.15) is 0 Å². The summed E-state index contributed by atoms with van der Waals surface area (Å²) in [4.78, 5) is 11.7. The van der Waals surface area contributed by atoms with E-state index in [0.29, 0.717) is 5.56 Å². The minimum Gasteiger partial charge on any atom is -0.481 e. The molecule has 0 amide bonds. The Labute approximate surface area is 111 Å². The molecule has 0 aromatic heterocycles. The fourth-order valence-corrected chi connectivity index (χ4v) is 2.89. The second kappa shape index (κ2) is 4.58. The lowest BCUT2D eigenvalue weighted by Crippen LogP contribution is -2.43. The third-order valence-corrected chi connectivity index (χ3v) is 4.15. The van der Waals surface area contributed by atoms with Crippen LogP contribution in [0.15, 0.2) is 18.2 Å². The summed E-state index contributed by atoms with van der Waals surface area (Å²) in [5.74, 6) is -3.71. The highest BCUT2D eigenvalue weighted by atomic mass is 19.3. The van der Waals surface area contributed by atoms with Crippen molar-refractivity contribution in [2.75, 3.05) is 0 Å². The van der Waals surface area contributed by atoms with E-state index in [-0.39, 0.29) is 25.7 Å². The van der Waals surface area contributed by atoms with E-state index >= 15 is 0 Å². The molecule has 104 valence electrons. The molecule has 1 aromatic carbocycles. The molecule has 0 saturated heterocycles. The highest BCUT2D eigenvalue weighted by Crippen LogP contribution is 2.46. The van der Waals surface area contributed by atoms with Crippen molar-refractivity contribution in [2.45, 2.75) is 50.9 Å². The zero-order chi connectivity index (χ0) is 14.3. The Morgan fingerprint density at radius 3 is 2.26 bits per heavy atom. The standard InChI is InChI=1S/C15H18F2O2/c1-10-3-4-11(2)12(9-10)14(13(18)19)5-7-15(16,17)8-6-14/h3-4,9H,5-8H2,1-2H3,(H,18,19). The Hall–Kier alpha value is -1.45. The first-order chi connectivity index (χ1) is 8.77. The highest BCUT2D eigenvalue weighted by molar-refractivity contribution is 5.82. The molecule has 0 radical (unpaired) electrons. The van der Waals surface area contributed by atoms with E-state index in [2.05, 4.69) is 0 Å². The molecule has 1 N–H and O–H groups in total. The molecule has 19 heavy (non-hydrogen) atoms. The third kappa shape index (κ3) is 2.48. The van der Waals surface area contributed by atoms with Crippen LogP contribution in [0.3, 0.4) is 0 Å². The lowest BCUT2D eigenvalue weighted by molar-refractivity contribution is -0.149. The van der Waals surface area contributed by atoms with Gasteiger partial charge < -0.3 is 5.11 Å². The Balaban J connectivity index is 2.47. The van der Waals surface area contributed by atoms with Crippen LogP contribution in [-0.2, 0) is 10.2 Å². The molecule has 0 spiro atoms. The second-order valence-corrected chi connectivity index (χ2v) is 5.56. The van der Waals surface area contributed by atoms with Gasteiger partial charge in [-0.05, 0) is 37.8 Å². The monoisotopic (exact) mass is 268 g/mol. The molecule has 0 aliphatic heterocycles. The van der Waals surface area contributed by atoms with Gasteiger partial charge in [-0.25, -0.2) is 8.78 Å². The largest absolute Gasteiger partial charge is 0.481 e. The second-order valence-electron chi connectivity index (χ2n) is 5.56. The lowest BCUT2D eigenvalue weighted by atomic mass is 9.67. The van der Waals surface area contributed by atoms with Crippen molar-refractivity contribution in [2.24, 2.45) is 0 Å². The molecule has 1 fully saturated rings. The predicted octanol–water partition coefficient (Wildman–Crippen LogP) is 3.84. The molecule has 1 aliphatic rings. The maximum Gasteiger partial charge on any atom is 0.314 e. The van der Waals surface area contributed by atoms with Crippen LogP contribution in [-0.4, -0.2) is 17.0 Å². The number of aliphatic carboxylic acids is 1. The van der Waals surface area contributed by atoms with E-state index in [9.17, 15) is 18.7 Å². The number of halogens is 2. The van der Waals surface area contributed by atoms with E-state index in [4.69, 9.17) is 0 Å². The van der Waals surface area contributed by atoms with Gasteiger partial charge in [0.15, 0.2) is 0 Å². The van der Waals surface area contributed by atoms with Crippen LogP contribution in [0.4, 0.5) is 8.78 Å². The van der Waals surface area contributed by atoms with Gasteiger partial charge in [0.25, 0.3) is 0 Å². The predicted molar refractivity (Wildman–Crippen MR) is 68.6 cm³/mol. The van der Waals surface area contributed by atoms with Gasteiger partial charge in [-0.2, -0.15) is 0 Å².